The maximum atomic E-state index is 11.8. The Balaban J connectivity index is 2.19. The van der Waals surface area contributed by atoms with Crippen molar-refractivity contribution in [3.8, 4) is 0 Å². The molecule has 0 aromatic carbocycles. The van der Waals surface area contributed by atoms with E-state index < -0.39 is 0 Å². The lowest BCUT2D eigenvalue weighted by Crippen LogP contribution is -2.34. The monoisotopic (exact) mass is 214 g/mol. The zero-order valence-electron chi connectivity index (χ0n) is 9.79. The molecule has 4 heteroatoms. The molecule has 0 saturated carbocycles. The molecule has 1 heterocycles. The van der Waals surface area contributed by atoms with Gasteiger partial charge in [-0.3, -0.25) is 4.79 Å². The third kappa shape index (κ3) is 5.14. The van der Waals surface area contributed by atoms with Gasteiger partial charge in [0.15, 0.2) is 0 Å². The Morgan fingerprint density at radius 3 is 2.93 bits per heavy atom. The molecule has 1 amide bonds. The molecular formula is C11H22N2O2. The zero-order chi connectivity index (χ0) is 11.1. The van der Waals surface area contributed by atoms with Gasteiger partial charge < -0.3 is 15.0 Å². The first-order chi connectivity index (χ1) is 7.20. The molecule has 0 bridgehead atoms. The van der Waals surface area contributed by atoms with E-state index in [0.717, 1.165) is 32.6 Å². The molecule has 0 spiro atoms. The van der Waals surface area contributed by atoms with Crippen LogP contribution in [0.1, 0.15) is 26.7 Å². The fraction of sp³-hybridized carbons (Fsp3) is 0.909. The molecule has 0 aromatic heterocycles. The highest BCUT2D eigenvalue weighted by Gasteiger charge is 2.14. The van der Waals surface area contributed by atoms with Gasteiger partial charge in [-0.25, -0.2) is 0 Å². The Morgan fingerprint density at radius 2 is 2.20 bits per heavy atom. The predicted molar refractivity (Wildman–Crippen MR) is 59.8 cm³/mol. The number of carbonyl (C=O) groups is 1. The third-order valence-corrected chi connectivity index (χ3v) is 2.46. The maximum absolute atomic E-state index is 11.8. The molecule has 0 atom stereocenters. The molecule has 0 aromatic rings. The topological polar surface area (TPSA) is 41.6 Å². The highest BCUT2D eigenvalue weighted by molar-refractivity contribution is 5.76. The van der Waals surface area contributed by atoms with E-state index in [1.165, 1.54) is 0 Å². The van der Waals surface area contributed by atoms with Crippen LogP contribution in [0.3, 0.4) is 0 Å². The van der Waals surface area contributed by atoms with E-state index in [1.807, 2.05) is 18.7 Å². The number of amides is 1. The molecular weight excluding hydrogens is 192 g/mol. The van der Waals surface area contributed by atoms with E-state index in [4.69, 9.17) is 4.74 Å². The lowest BCUT2D eigenvalue weighted by atomic mass is 10.3. The average Bonchev–Trinajstić information content (AvgIpc) is 2.44. The predicted octanol–water partition coefficient (Wildman–Crippen LogP) is 0.623. The molecule has 0 aliphatic carbocycles. The molecule has 1 saturated heterocycles. The summed E-state index contributed by atoms with van der Waals surface area (Å²) in [6.45, 7) is 8.16. The molecule has 0 radical (unpaired) electrons. The molecule has 88 valence electrons. The summed E-state index contributed by atoms with van der Waals surface area (Å²) in [6, 6.07) is 0. The van der Waals surface area contributed by atoms with Gasteiger partial charge >= 0.3 is 0 Å². The van der Waals surface area contributed by atoms with Crippen molar-refractivity contribution in [2.24, 2.45) is 0 Å². The molecule has 4 nitrogen and oxygen atoms in total. The van der Waals surface area contributed by atoms with Crippen LogP contribution in [0.15, 0.2) is 0 Å². The normalized spacial score (nSPS) is 17.9. The Hall–Kier alpha value is -0.610. The molecule has 15 heavy (non-hydrogen) atoms. The summed E-state index contributed by atoms with van der Waals surface area (Å²) in [6.07, 6.45) is 1.78. The number of rotatable bonds is 4. The average molecular weight is 214 g/mol. The molecule has 1 aliphatic rings. The minimum atomic E-state index is 0.212. The van der Waals surface area contributed by atoms with E-state index in [1.54, 1.807) is 0 Å². The van der Waals surface area contributed by atoms with Crippen molar-refractivity contribution < 1.29 is 9.53 Å². The van der Waals surface area contributed by atoms with Crippen LogP contribution < -0.4 is 5.32 Å². The largest absolute Gasteiger partial charge is 0.378 e. The van der Waals surface area contributed by atoms with Gasteiger partial charge in [0.05, 0.1) is 19.1 Å². The van der Waals surface area contributed by atoms with E-state index in [9.17, 15) is 4.79 Å². The smallest absolute Gasteiger partial charge is 0.224 e. The summed E-state index contributed by atoms with van der Waals surface area (Å²) >= 11 is 0. The number of carbonyl (C=O) groups excluding carboxylic acids is 1. The van der Waals surface area contributed by atoms with Crippen LogP contribution in [0, 0.1) is 0 Å². The number of nitrogens with zero attached hydrogens (tertiary/aromatic N) is 1. The minimum absolute atomic E-state index is 0.212. The standard InChI is InChI=1S/C11H22N2O2/c1-10(2)15-9-4-11(14)13-7-3-5-12-6-8-13/h10,12H,3-9H2,1-2H3. The second-order valence-corrected chi connectivity index (χ2v) is 4.15. The van der Waals surface area contributed by atoms with Crippen LogP contribution in [0.2, 0.25) is 0 Å². The minimum Gasteiger partial charge on any atom is -0.378 e. The van der Waals surface area contributed by atoms with Gasteiger partial charge in [-0.2, -0.15) is 0 Å². The lowest BCUT2D eigenvalue weighted by Gasteiger charge is -2.20. The van der Waals surface area contributed by atoms with Crippen LogP contribution in [-0.2, 0) is 9.53 Å². The molecule has 1 rings (SSSR count). The summed E-state index contributed by atoms with van der Waals surface area (Å²) in [5, 5.41) is 3.28. The summed E-state index contributed by atoms with van der Waals surface area (Å²) in [4.78, 5) is 13.7. The Bertz CT molecular complexity index is 187. The van der Waals surface area contributed by atoms with Gasteiger partial charge in [0.2, 0.25) is 5.91 Å². The fourth-order valence-corrected chi connectivity index (χ4v) is 1.64. The first-order valence-corrected chi connectivity index (χ1v) is 5.80. The SMILES string of the molecule is CC(C)OCCC(=O)N1CCCNCC1. The van der Waals surface area contributed by atoms with Crippen molar-refractivity contribution in [1.82, 2.24) is 10.2 Å². The number of nitrogens with one attached hydrogen (secondary N) is 1. The maximum Gasteiger partial charge on any atom is 0.224 e. The zero-order valence-corrected chi connectivity index (χ0v) is 9.79. The van der Waals surface area contributed by atoms with Gasteiger partial charge in [0.1, 0.15) is 0 Å². The highest BCUT2D eigenvalue weighted by Crippen LogP contribution is 2.00. The van der Waals surface area contributed by atoms with Crippen molar-refractivity contribution in [1.29, 1.82) is 0 Å². The van der Waals surface area contributed by atoms with Crippen molar-refractivity contribution >= 4 is 5.91 Å². The quantitative estimate of drug-likeness (QED) is 0.746. The van der Waals surface area contributed by atoms with Crippen LogP contribution in [-0.4, -0.2) is 49.7 Å². The van der Waals surface area contributed by atoms with Gasteiger partial charge in [-0.15, -0.1) is 0 Å². The fourth-order valence-electron chi connectivity index (χ4n) is 1.64. The van der Waals surface area contributed by atoms with E-state index in [0.29, 0.717) is 13.0 Å². The summed E-state index contributed by atoms with van der Waals surface area (Å²) in [5.41, 5.74) is 0. The van der Waals surface area contributed by atoms with Gasteiger partial charge in [0, 0.05) is 19.6 Å². The molecule has 1 fully saturated rings. The van der Waals surface area contributed by atoms with Gasteiger partial charge in [-0.1, -0.05) is 0 Å². The summed E-state index contributed by atoms with van der Waals surface area (Å²) in [7, 11) is 0. The van der Waals surface area contributed by atoms with Crippen molar-refractivity contribution in [2.75, 3.05) is 32.8 Å². The van der Waals surface area contributed by atoms with Crippen LogP contribution in [0.25, 0.3) is 0 Å². The van der Waals surface area contributed by atoms with Crippen molar-refractivity contribution in [3.63, 3.8) is 0 Å². The molecule has 1 N–H and O–H groups in total. The molecule has 1 aliphatic heterocycles. The van der Waals surface area contributed by atoms with Crippen molar-refractivity contribution in [2.45, 2.75) is 32.8 Å². The first-order valence-electron chi connectivity index (χ1n) is 5.80. The second-order valence-electron chi connectivity index (χ2n) is 4.15. The van der Waals surface area contributed by atoms with Gasteiger partial charge in [0.25, 0.3) is 0 Å². The van der Waals surface area contributed by atoms with Crippen LogP contribution in [0.5, 0.6) is 0 Å². The van der Waals surface area contributed by atoms with E-state index >= 15 is 0 Å². The van der Waals surface area contributed by atoms with E-state index in [-0.39, 0.29) is 12.0 Å². The van der Waals surface area contributed by atoms with Crippen LogP contribution in [0.4, 0.5) is 0 Å². The number of hydrogen-bond acceptors (Lipinski definition) is 3. The summed E-state index contributed by atoms with van der Waals surface area (Å²) in [5.74, 6) is 0.222. The second kappa shape index (κ2) is 6.80. The van der Waals surface area contributed by atoms with Crippen LogP contribution >= 0.6 is 0 Å². The number of ether oxygens (including phenoxy) is 1. The Kier molecular flexibility index (Phi) is 5.65. The third-order valence-electron chi connectivity index (χ3n) is 2.46. The number of hydrogen-bond donors (Lipinski definition) is 1. The lowest BCUT2D eigenvalue weighted by molar-refractivity contribution is -0.132. The molecule has 0 unspecified atom stereocenters. The van der Waals surface area contributed by atoms with Crippen molar-refractivity contribution in [3.05, 3.63) is 0 Å². The van der Waals surface area contributed by atoms with Gasteiger partial charge in [-0.05, 0) is 26.8 Å². The summed E-state index contributed by atoms with van der Waals surface area (Å²) < 4.78 is 5.37. The highest BCUT2D eigenvalue weighted by atomic mass is 16.5. The Morgan fingerprint density at radius 1 is 1.40 bits per heavy atom. The first kappa shape index (κ1) is 12.5. The Labute approximate surface area is 92.0 Å². The van der Waals surface area contributed by atoms with E-state index in [2.05, 4.69) is 5.32 Å².